The first-order valence-electron chi connectivity index (χ1n) is 15.2. The van der Waals surface area contributed by atoms with Crippen LogP contribution in [0.15, 0.2) is 58.7 Å². The van der Waals surface area contributed by atoms with Gasteiger partial charge in [0.05, 0.1) is 17.8 Å². The molecule has 40 heavy (non-hydrogen) atoms. The number of hydrogen-bond donors (Lipinski definition) is 5. The van der Waals surface area contributed by atoms with Crippen LogP contribution in [0.4, 0.5) is 0 Å². The Balaban J connectivity index is 2.07. The Morgan fingerprint density at radius 1 is 1.12 bits per heavy atom. The second kappa shape index (κ2) is 13.9. The van der Waals surface area contributed by atoms with Crippen molar-refractivity contribution in [2.75, 3.05) is 26.8 Å². The number of aliphatic hydroxyl groups is 4. The SMILES string of the molecule is C=C(/C=C/C=C(\CO)[C@@H]1CC[C@]23[C@H](/C(=C(/C)C=O)CC[C@]2(O)CCNC)[C@@H](CCO)CC[C@@]13O)CCC=C(C)C. The molecule has 6 nitrogen and oxygen atoms in total. The molecule has 224 valence electrons. The quantitative estimate of drug-likeness (QED) is 0.0952. The summed E-state index contributed by atoms with van der Waals surface area (Å²) in [6, 6.07) is 0. The number of hydrogen-bond acceptors (Lipinski definition) is 6. The number of carbonyl (C=O) groups excluding carboxylic acids is 1. The standard InChI is InChI=1S/C34H53NO5/c1-24(2)8-6-9-25(3)10-7-11-28(23-38)30-14-17-33-31(27(15-21-36)12-18-34(30,33)40)29(26(4)22-37)13-16-32(33,39)19-20-35-5/h7-8,10-11,22,27,30-31,35-36,38-40H,3,6,9,12-21,23H2,1-2,4-5H3/b10-7+,28-11+,29-26-/t27-,30+,31+,32+,33+,34-/m1/s1. The number of allylic oxidation sites excluding steroid dienone is 8. The zero-order valence-electron chi connectivity index (χ0n) is 25.2. The average molecular weight is 556 g/mol. The molecule has 3 rings (SSSR count). The first-order chi connectivity index (χ1) is 19.0. The van der Waals surface area contributed by atoms with Crippen molar-refractivity contribution in [3.63, 3.8) is 0 Å². The van der Waals surface area contributed by atoms with Gasteiger partial charge >= 0.3 is 0 Å². The van der Waals surface area contributed by atoms with Crippen LogP contribution >= 0.6 is 0 Å². The van der Waals surface area contributed by atoms with Gasteiger partial charge in [-0.25, -0.2) is 0 Å². The van der Waals surface area contributed by atoms with Crippen molar-refractivity contribution < 1.29 is 25.2 Å². The summed E-state index contributed by atoms with van der Waals surface area (Å²) in [6.07, 6.45) is 15.3. The van der Waals surface area contributed by atoms with E-state index in [1.165, 1.54) is 5.57 Å². The lowest BCUT2D eigenvalue weighted by molar-refractivity contribution is -0.254. The maximum Gasteiger partial charge on any atom is 0.145 e. The third-order valence-electron chi connectivity index (χ3n) is 10.4. The molecule has 0 aromatic rings. The van der Waals surface area contributed by atoms with Crippen molar-refractivity contribution in [1.82, 2.24) is 5.32 Å². The molecule has 5 N–H and O–H groups in total. The highest BCUT2D eigenvalue weighted by Gasteiger charge is 2.74. The number of carbonyl (C=O) groups is 1. The molecule has 0 bridgehead atoms. The third kappa shape index (κ3) is 6.03. The lowest BCUT2D eigenvalue weighted by Crippen LogP contribution is -2.70. The normalized spacial score (nSPS) is 35.3. The first kappa shape index (κ1) is 32.7. The molecule has 6 heteroatoms. The number of rotatable bonds is 13. The Morgan fingerprint density at radius 2 is 1.88 bits per heavy atom. The van der Waals surface area contributed by atoms with E-state index in [9.17, 15) is 25.2 Å². The van der Waals surface area contributed by atoms with Crippen LogP contribution < -0.4 is 5.32 Å². The predicted molar refractivity (Wildman–Crippen MR) is 162 cm³/mol. The van der Waals surface area contributed by atoms with E-state index < -0.39 is 16.6 Å². The first-order valence-corrected chi connectivity index (χ1v) is 15.2. The van der Waals surface area contributed by atoms with Gasteiger partial charge in [-0.2, -0.15) is 0 Å². The highest BCUT2D eigenvalue weighted by atomic mass is 16.3. The zero-order chi connectivity index (χ0) is 29.6. The summed E-state index contributed by atoms with van der Waals surface area (Å²) in [7, 11) is 1.87. The summed E-state index contributed by atoms with van der Waals surface area (Å²) in [5, 5.41) is 49.1. The van der Waals surface area contributed by atoms with Crippen LogP contribution in [-0.4, -0.2) is 64.7 Å². The van der Waals surface area contributed by atoms with Gasteiger partial charge in [0.1, 0.15) is 6.29 Å². The van der Waals surface area contributed by atoms with Crippen molar-refractivity contribution in [2.45, 2.75) is 96.2 Å². The molecule has 6 atom stereocenters. The smallest absolute Gasteiger partial charge is 0.145 e. The van der Waals surface area contributed by atoms with Gasteiger partial charge in [0, 0.05) is 17.9 Å². The van der Waals surface area contributed by atoms with Crippen LogP contribution in [0.25, 0.3) is 0 Å². The largest absolute Gasteiger partial charge is 0.396 e. The van der Waals surface area contributed by atoms with Crippen molar-refractivity contribution in [2.24, 2.45) is 23.2 Å². The molecule has 0 heterocycles. The molecule has 3 aliphatic rings. The highest BCUT2D eigenvalue weighted by Crippen LogP contribution is 2.72. The van der Waals surface area contributed by atoms with Gasteiger partial charge in [-0.1, -0.05) is 47.6 Å². The molecular weight excluding hydrogens is 502 g/mol. The predicted octanol–water partition coefficient (Wildman–Crippen LogP) is 4.95. The maximum atomic E-state index is 12.9. The maximum absolute atomic E-state index is 12.9. The summed E-state index contributed by atoms with van der Waals surface area (Å²) >= 11 is 0. The second-order valence-corrected chi connectivity index (χ2v) is 12.7. The van der Waals surface area contributed by atoms with Crippen LogP contribution in [0.1, 0.15) is 85.0 Å². The molecule has 0 aromatic carbocycles. The van der Waals surface area contributed by atoms with Gasteiger partial charge in [0.15, 0.2) is 0 Å². The van der Waals surface area contributed by atoms with Gasteiger partial charge in [0.2, 0.25) is 0 Å². The Bertz CT molecular complexity index is 1040. The molecular formula is C34H53NO5. The Kier molecular flexibility index (Phi) is 11.3. The summed E-state index contributed by atoms with van der Waals surface area (Å²) in [4.78, 5) is 12.0. The van der Waals surface area contributed by atoms with E-state index in [0.717, 1.165) is 35.8 Å². The van der Waals surface area contributed by atoms with Gasteiger partial charge in [0.25, 0.3) is 0 Å². The Hall–Kier alpha value is -1.83. The monoisotopic (exact) mass is 555 g/mol. The summed E-state index contributed by atoms with van der Waals surface area (Å²) < 4.78 is 0. The van der Waals surface area contributed by atoms with Crippen LogP contribution in [0, 0.1) is 23.2 Å². The Labute approximate surface area is 241 Å². The van der Waals surface area contributed by atoms with Crippen LogP contribution in [0.5, 0.6) is 0 Å². The fourth-order valence-electron chi connectivity index (χ4n) is 8.55. The fraction of sp³-hybridized carbons (Fsp3) is 0.676. The molecule has 0 unspecified atom stereocenters. The molecule has 0 amide bonds. The van der Waals surface area contributed by atoms with Gasteiger partial charge in [-0.3, -0.25) is 4.79 Å². The average Bonchev–Trinajstić information content (AvgIpc) is 3.24. The van der Waals surface area contributed by atoms with E-state index in [1.54, 1.807) is 0 Å². The lowest BCUT2D eigenvalue weighted by Gasteiger charge is -2.65. The topological polar surface area (TPSA) is 110 Å². The minimum atomic E-state index is -1.25. The summed E-state index contributed by atoms with van der Waals surface area (Å²) in [5.74, 6) is -0.439. The van der Waals surface area contributed by atoms with Gasteiger partial charge < -0.3 is 25.7 Å². The molecule has 3 fully saturated rings. The van der Waals surface area contributed by atoms with Crippen molar-refractivity contribution in [3.05, 3.63) is 58.7 Å². The molecule has 0 aliphatic heterocycles. The van der Waals surface area contributed by atoms with E-state index in [0.29, 0.717) is 63.5 Å². The lowest BCUT2D eigenvalue weighted by atomic mass is 9.42. The molecule has 3 saturated carbocycles. The van der Waals surface area contributed by atoms with Crippen LogP contribution in [0.3, 0.4) is 0 Å². The minimum absolute atomic E-state index is 0.0333. The van der Waals surface area contributed by atoms with E-state index in [4.69, 9.17) is 0 Å². The number of aldehydes is 1. The van der Waals surface area contributed by atoms with Gasteiger partial charge in [-0.05, 0) is 122 Å². The van der Waals surface area contributed by atoms with Crippen molar-refractivity contribution in [1.29, 1.82) is 0 Å². The molecule has 0 saturated heterocycles. The zero-order valence-corrected chi connectivity index (χ0v) is 25.2. The van der Waals surface area contributed by atoms with Crippen molar-refractivity contribution >= 4 is 6.29 Å². The molecule has 1 spiro atoms. The third-order valence-corrected chi connectivity index (χ3v) is 10.4. The second-order valence-electron chi connectivity index (χ2n) is 12.7. The number of nitrogens with one attached hydrogen (secondary N) is 1. The van der Waals surface area contributed by atoms with Gasteiger partial charge in [-0.15, -0.1) is 0 Å². The van der Waals surface area contributed by atoms with Crippen molar-refractivity contribution in [3.8, 4) is 0 Å². The Morgan fingerprint density at radius 3 is 2.50 bits per heavy atom. The van der Waals surface area contributed by atoms with E-state index in [-0.39, 0.29) is 31.0 Å². The van der Waals surface area contributed by atoms with E-state index >= 15 is 0 Å². The summed E-state index contributed by atoms with van der Waals surface area (Å²) in [5.41, 5.74) is 1.52. The highest BCUT2D eigenvalue weighted by molar-refractivity contribution is 5.74. The fourth-order valence-corrected chi connectivity index (χ4v) is 8.55. The molecule has 0 aromatic heterocycles. The molecule has 3 aliphatic carbocycles. The van der Waals surface area contributed by atoms with Crippen LogP contribution in [0.2, 0.25) is 0 Å². The van der Waals surface area contributed by atoms with E-state index in [1.807, 2.05) is 32.2 Å². The number of aliphatic hydroxyl groups excluding tert-OH is 2. The van der Waals surface area contributed by atoms with Crippen LogP contribution in [-0.2, 0) is 4.79 Å². The summed E-state index contributed by atoms with van der Waals surface area (Å²) in [6.45, 7) is 10.6. The minimum Gasteiger partial charge on any atom is -0.396 e. The molecule has 0 radical (unpaired) electrons. The van der Waals surface area contributed by atoms with E-state index in [2.05, 4.69) is 31.8 Å².